The Morgan fingerprint density at radius 2 is 1.85 bits per heavy atom. The molecule has 4 nitrogen and oxygen atoms in total. The first-order valence-corrected chi connectivity index (χ1v) is 7.27. The summed E-state index contributed by atoms with van der Waals surface area (Å²) >= 11 is 0. The van der Waals surface area contributed by atoms with Gasteiger partial charge in [0.15, 0.2) is 0 Å². The summed E-state index contributed by atoms with van der Waals surface area (Å²) in [6.07, 6.45) is 0. The van der Waals surface area contributed by atoms with Crippen molar-refractivity contribution in [3.8, 4) is 0 Å². The highest BCUT2D eigenvalue weighted by molar-refractivity contribution is 5.77. The zero-order chi connectivity index (χ0) is 14.8. The smallest absolute Gasteiger partial charge is 0.328 e. The van der Waals surface area contributed by atoms with E-state index in [2.05, 4.69) is 4.90 Å². The molecule has 1 unspecified atom stereocenters. The first kappa shape index (κ1) is 16.7. The van der Waals surface area contributed by atoms with Gasteiger partial charge in [0, 0.05) is 13.2 Å². The van der Waals surface area contributed by atoms with E-state index in [0.717, 1.165) is 12.1 Å². The van der Waals surface area contributed by atoms with Crippen LogP contribution in [0.4, 0.5) is 0 Å². The lowest BCUT2D eigenvalue weighted by atomic mass is 10.1. The summed E-state index contributed by atoms with van der Waals surface area (Å²) in [6, 6.07) is 9.40. The molecule has 0 aromatic heterocycles. The van der Waals surface area contributed by atoms with E-state index < -0.39 is 0 Å². The van der Waals surface area contributed by atoms with Crippen LogP contribution in [0.2, 0.25) is 0 Å². The van der Waals surface area contributed by atoms with Crippen LogP contribution in [0.25, 0.3) is 0 Å². The Hall–Kier alpha value is -1.39. The summed E-state index contributed by atoms with van der Waals surface area (Å²) in [5, 5.41) is 0. The molecule has 0 amide bonds. The van der Waals surface area contributed by atoms with Crippen LogP contribution in [0.3, 0.4) is 0 Å². The molecule has 0 saturated carbocycles. The molecular weight excluding hydrogens is 254 g/mol. The van der Waals surface area contributed by atoms with Gasteiger partial charge in [0.25, 0.3) is 0 Å². The zero-order valence-corrected chi connectivity index (χ0v) is 12.7. The predicted octanol–water partition coefficient (Wildman–Crippen LogP) is 2.65. The number of hydrogen-bond donors (Lipinski definition) is 0. The number of carbonyl (C=O) groups is 1. The third-order valence-electron chi connectivity index (χ3n) is 3.12. The van der Waals surface area contributed by atoms with E-state index in [0.29, 0.717) is 26.4 Å². The van der Waals surface area contributed by atoms with Crippen molar-refractivity contribution in [1.82, 2.24) is 4.90 Å². The standard InChI is InChI=1S/C16H25NO3/c1-4-17(12-13-19-5-2)15(16(18)20-6-3)14-10-8-7-9-11-14/h7-11,15H,4-6,12-13H2,1-3H3. The Kier molecular flexibility index (Phi) is 7.92. The molecule has 0 aliphatic rings. The maximum Gasteiger partial charge on any atom is 0.328 e. The Labute approximate surface area is 121 Å². The highest BCUT2D eigenvalue weighted by atomic mass is 16.5. The summed E-state index contributed by atoms with van der Waals surface area (Å²) in [4.78, 5) is 14.4. The number of rotatable bonds is 9. The van der Waals surface area contributed by atoms with E-state index in [1.54, 1.807) is 0 Å². The number of ether oxygens (including phenoxy) is 2. The average molecular weight is 279 g/mol. The molecule has 112 valence electrons. The van der Waals surface area contributed by atoms with Gasteiger partial charge >= 0.3 is 5.97 Å². The van der Waals surface area contributed by atoms with Crippen molar-refractivity contribution in [2.24, 2.45) is 0 Å². The quantitative estimate of drug-likeness (QED) is 0.514. The third-order valence-corrected chi connectivity index (χ3v) is 3.12. The molecule has 1 rings (SSSR count). The van der Waals surface area contributed by atoms with Crippen molar-refractivity contribution < 1.29 is 14.3 Å². The second-order valence-corrected chi connectivity index (χ2v) is 4.39. The van der Waals surface area contributed by atoms with Gasteiger partial charge in [0.2, 0.25) is 0 Å². The Bertz CT molecular complexity index is 381. The van der Waals surface area contributed by atoms with Crippen molar-refractivity contribution in [3.05, 3.63) is 35.9 Å². The second kappa shape index (κ2) is 9.50. The largest absolute Gasteiger partial charge is 0.465 e. The molecule has 20 heavy (non-hydrogen) atoms. The maximum atomic E-state index is 12.3. The molecular formula is C16H25NO3. The fourth-order valence-corrected chi connectivity index (χ4v) is 2.15. The van der Waals surface area contributed by atoms with E-state index in [1.165, 1.54) is 0 Å². The molecule has 0 spiro atoms. The molecule has 0 aliphatic carbocycles. The lowest BCUT2D eigenvalue weighted by molar-refractivity contribution is -0.150. The van der Waals surface area contributed by atoms with Crippen molar-refractivity contribution in [3.63, 3.8) is 0 Å². The van der Waals surface area contributed by atoms with Gasteiger partial charge in [0.05, 0.1) is 13.2 Å². The predicted molar refractivity (Wildman–Crippen MR) is 79.6 cm³/mol. The molecule has 0 saturated heterocycles. The fourth-order valence-electron chi connectivity index (χ4n) is 2.15. The lowest BCUT2D eigenvalue weighted by Gasteiger charge is -2.29. The van der Waals surface area contributed by atoms with Gasteiger partial charge in [-0.25, -0.2) is 4.79 Å². The summed E-state index contributed by atoms with van der Waals surface area (Å²) in [7, 11) is 0. The number of likely N-dealkylation sites (N-methyl/N-ethyl adjacent to an activating group) is 1. The topological polar surface area (TPSA) is 38.8 Å². The van der Waals surface area contributed by atoms with Gasteiger partial charge < -0.3 is 9.47 Å². The highest BCUT2D eigenvalue weighted by Crippen LogP contribution is 2.22. The number of nitrogens with zero attached hydrogens (tertiary/aromatic N) is 1. The molecule has 1 aromatic rings. The van der Waals surface area contributed by atoms with Crippen LogP contribution >= 0.6 is 0 Å². The van der Waals surface area contributed by atoms with Crippen LogP contribution in [0.15, 0.2) is 30.3 Å². The fraction of sp³-hybridized carbons (Fsp3) is 0.562. The molecule has 0 N–H and O–H groups in total. The Balaban J connectivity index is 2.87. The van der Waals surface area contributed by atoms with Crippen LogP contribution in [-0.2, 0) is 14.3 Å². The van der Waals surface area contributed by atoms with Crippen LogP contribution in [0.1, 0.15) is 32.4 Å². The van der Waals surface area contributed by atoms with Crippen molar-refractivity contribution in [2.45, 2.75) is 26.8 Å². The van der Waals surface area contributed by atoms with Gasteiger partial charge in [0.1, 0.15) is 6.04 Å². The Morgan fingerprint density at radius 1 is 1.15 bits per heavy atom. The maximum absolute atomic E-state index is 12.3. The first-order valence-electron chi connectivity index (χ1n) is 7.27. The van der Waals surface area contributed by atoms with E-state index in [-0.39, 0.29) is 12.0 Å². The normalized spacial score (nSPS) is 12.4. The second-order valence-electron chi connectivity index (χ2n) is 4.39. The SMILES string of the molecule is CCOCCN(CC)C(C(=O)OCC)c1ccccc1. The minimum Gasteiger partial charge on any atom is -0.465 e. The first-order chi connectivity index (χ1) is 9.74. The van der Waals surface area contributed by atoms with Gasteiger partial charge in [-0.15, -0.1) is 0 Å². The van der Waals surface area contributed by atoms with E-state index in [1.807, 2.05) is 51.1 Å². The molecule has 0 aliphatic heterocycles. The summed E-state index contributed by atoms with van der Waals surface area (Å²) in [6.45, 7) is 9.02. The molecule has 1 atom stereocenters. The van der Waals surface area contributed by atoms with Gasteiger partial charge in [-0.1, -0.05) is 37.3 Å². The minimum atomic E-state index is -0.360. The van der Waals surface area contributed by atoms with Gasteiger partial charge in [-0.2, -0.15) is 0 Å². The third kappa shape index (κ3) is 4.94. The van der Waals surface area contributed by atoms with E-state index in [9.17, 15) is 4.79 Å². The van der Waals surface area contributed by atoms with Gasteiger partial charge in [-0.05, 0) is 26.0 Å². The highest BCUT2D eigenvalue weighted by Gasteiger charge is 2.27. The minimum absolute atomic E-state index is 0.197. The summed E-state index contributed by atoms with van der Waals surface area (Å²) in [5.74, 6) is -0.197. The van der Waals surface area contributed by atoms with Crippen molar-refractivity contribution >= 4 is 5.97 Å². The Morgan fingerprint density at radius 3 is 2.40 bits per heavy atom. The average Bonchev–Trinajstić information content (AvgIpc) is 2.47. The van der Waals surface area contributed by atoms with E-state index in [4.69, 9.17) is 9.47 Å². The number of carbonyl (C=O) groups excluding carboxylic acids is 1. The number of hydrogen-bond acceptors (Lipinski definition) is 4. The zero-order valence-electron chi connectivity index (χ0n) is 12.7. The van der Waals surface area contributed by atoms with E-state index >= 15 is 0 Å². The molecule has 4 heteroatoms. The molecule has 1 aromatic carbocycles. The lowest BCUT2D eigenvalue weighted by Crippen LogP contribution is -2.37. The van der Waals surface area contributed by atoms with Crippen LogP contribution in [0.5, 0.6) is 0 Å². The summed E-state index contributed by atoms with van der Waals surface area (Å²) in [5.41, 5.74) is 0.962. The van der Waals surface area contributed by atoms with Crippen LogP contribution < -0.4 is 0 Å². The number of esters is 1. The number of benzene rings is 1. The van der Waals surface area contributed by atoms with Gasteiger partial charge in [-0.3, -0.25) is 4.90 Å². The molecule has 0 bridgehead atoms. The van der Waals surface area contributed by atoms with Crippen molar-refractivity contribution in [2.75, 3.05) is 32.9 Å². The monoisotopic (exact) mass is 279 g/mol. The molecule has 0 heterocycles. The molecule has 0 radical (unpaired) electrons. The summed E-state index contributed by atoms with van der Waals surface area (Å²) < 4.78 is 10.6. The van der Waals surface area contributed by atoms with Crippen molar-refractivity contribution in [1.29, 1.82) is 0 Å². The molecule has 0 fully saturated rings. The van der Waals surface area contributed by atoms with Crippen LogP contribution in [-0.4, -0.2) is 43.8 Å². The van der Waals surface area contributed by atoms with Crippen LogP contribution in [0, 0.1) is 0 Å².